The fourth-order valence-corrected chi connectivity index (χ4v) is 2.87. The molecule has 6 heteroatoms. The van der Waals surface area contributed by atoms with Gasteiger partial charge in [0.2, 0.25) is 5.91 Å². The lowest BCUT2D eigenvalue weighted by atomic mass is 9.87. The highest BCUT2D eigenvalue weighted by Crippen LogP contribution is 2.24. The van der Waals surface area contributed by atoms with Crippen LogP contribution < -0.4 is 10.1 Å². The Kier molecular flexibility index (Phi) is 6.96. The molecule has 0 aliphatic heterocycles. The van der Waals surface area contributed by atoms with Crippen LogP contribution >= 0.6 is 11.3 Å². The SMILES string of the molecule is CC(C)(C)c1ccc(OCCCC(=O)NCC(O)c2cncs2)cc1. The van der Waals surface area contributed by atoms with Crippen molar-refractivity contribution in [3.05, 3.63) is 46.4 Å². The lowest BCUT2D eigenvalue weighted by Crippen LogP contribution is -2.28. The van der Waals surface area contributed by atoms with Gasteiger partial charge in [-0.25, -0.2) is 0 Å². The van der Waals surface area contributed by atoms with Gasteiger partial charge >= 0.3 is 0 Å². The van der Waals surface area contributed by atoms with Crippen molar-refractivity contribution in [2.75, 3.05) is 13.2 Å². The first kappa shape index (κ1) is 19.4. The van der Waals surface area contributed by atoms with Gasteiger partial charge in [0.15, 0.2) is 0 Å². The van der Waals surface area contributed by atoms with Crippen LogP contribution in [0.25, 0.3) is 0 Å². The second-order valence-electron chi connectivity index (χ2n) is 6.95. The molecule has 1 unspecified atom stereocenters. The number of nitrogens with zero attached hydrogens (tertiary/aromatic N) is 1. The molecule has 0 radical (unpaired) electrons. The van der Waals surface area contributed by atoms with Crippen molar-refractivity contribution in [1.82, 2.24) is 10.3 Å². The van der Waals surface area contributed by atoms with E-state index in [1.165, 1.54) is 16.9 Å². The quantitative estimate of drug-likeness (QED) is 0.706. The number of rotatable bonds is 8. The predicted octanol–water partition coefficient (Wildman–Crippen LogP) is 3.45. The third kappa shape index (κ3) is 6.48. The van der Waals surface area contributed by atoms with Crippen molar-refractivity contribution < 1.29 is 14.6 Å². The fourth-order valence-electron chi connectivity index (χ4n) is 2.26. The Morgan fingerprint density at radius 1 is 1.32 bits per heavy atom. The average Bonchev–Trinajstić information content (AvgIpc) is 3.11. The summed E-state index contributed by atoms with van der Waals surface area (Å²) in [6.07, 6.45) is 1.91. The minimum absolute atomic E-state index is 0.0877. The Balaban J connectivity index is 1.63. The molecule has 1 aromatic carbocycles. The maximum absolute atomic E-state index is 11.8. The first-order chi connectivity index (χ1) is 11.9. The predicted molar refractivity (Wildman–Crippen MR) is 100.0 cm³/mol. The van der Waals surface area contributed by atoms with E-state index in [1.54, 1.807) is 11.7 Å². The molecule has 0 aliphatic carbocycles. The highest BCUT2D eigenvalue weighted by atomic mass is 32.1. The molecule has 2 rings (SSSR count). The van der Waals surface area contributed by atoms with E-state index >= 15 is 0 Å². The number of thiazole rings is 1. The van der Waals surface area contributed by atoms with Crippen LogP contribution in [0.4, 0.5) is 0 Å². The van der Waals surface area contributed by atoms with E-state index in [2.05, 4.69) is 43.2 Å². The Morgan fingerprint density at radius 3 is 2.64 bits per heavy atom. The Labute approximate surface area is 153 Å². The topological polar surface area (TPSA) is 71.5 Å². The second-order valence-corrected chi connectivity index (χ2v) is 7.87. The molecule has 0 fully saturated rings. The number of aliphatic hydroxyl groups excluding tert-OH is 1. The van der Waals surface area contributed by atoms with E-state index in [1.807, 2.05) is 12.1 Å². The molecular formula is C19H26N2O3S. The van der Waals surface area contributed by atoms with Gasteiger partial charge in [0.25, 0.3) is 0 Å². The van der Waals surface area contributed by atoms with Crippen molar-refractivity contribution in [3.8, 4) is 5.75 Å². The van der Waals surface area contributed by atoms with Gasteiger partial charge in [-0.1, -0.05) is 32.9 Å². The molecule has 0 bridgehead atoms. The Morgan fingerprint density at radius 2 is 2.04 bits per heavy atom. The summed E-state index contributed by atoms with van der Waals surface area (Å²) < 4.78 is 5.67. The third-order valence-corrected chi connectivity index (χ3v) is 4.69. The van der Waals surface area contributed by atoms with Gasteiger partial charge in [-0.3, -0.25) is 9.78 Å². The van der Waals surface area contributed by atoms with Crippen LogP contribution in [0.3, 0.4) is 0 Å². The molecule has 0 aliphatic rings. The van der Waals surface area contributed by atoms with Crippen molar-refractivity contribution >= 4 is 17.2 Å². The Hall–Kier alpha value is -1.92. The number of aromatic nitrogens is 1. The van der Waals surface area contributed by atoms with Crippen molar-refractivity contribution in [2.45, 2.75) is 45.1 Å². The molecule has 5 nitrogen and oxygen atoms in total. The molecule has 25 heavy (non-hydrogen) atoms. The molecule has 0 saturated carbocycles. The molecule has 1 atom stereocenters. The number of benzene rings is 1. The number of hydrogen-bond acceptors (Lipinski definition) is 5. The molecule has 0 spiro atoms. The first-order valence-corrected chi connectivity index (χ1v) is 9.31. The van der Waals surface area contributed by atoms with Gasteiger partial charge in [-0.15, -0.1) is 11.3 Å². The van der Waals surface area contributed by atoms with Crippen LogP contribution in [0.15, 0.2) is 36.0 Å². The minimum atomic E-state index is -0.700. The summed E-state index contributed by atoms with van der Waals surface area (Å²) in [5.41, 5.74) is 3.05. The van der Waals surface area contributed by atoms with E-state index in [4.69, 9.17) is 4.74 Å². The molecule has 2 aromatic rings. The van der Waals surface area contributed by atoms with Crippen molar-refractivity contribution in [3.63, 3.8) is 0 Å². The van der Waals surface area contributed by atoms with Crippen LogP contribution in [0.5, 0.6) is 5.75 Å². The summed E-state index contributed by atoms with van der Waals surface area (Å²) in [5, 5.41) is 12.6. The molecule has 0 saturated heterocycles. The van der Waals surface area contributed by atoms with Gasteiger partial charge in [0.05, 0.1) is 17.0 Å². The van der Waals surface area contributed by atoms with E-state index < -0.39 is 6.10 Å². The summed E-state index contributed by atoms with van der Waals surface area (Å²) >= 11 is 1.37. The lowest BCUT2D eigenvalue weighted by Gasteiger charge is -2.19. The molecular weight excluding hydrogens is 336 g/mol. The minimum Gasteiger partial charge on any atom is -0.494 e. The van der Waals surface area contributed by atoms with Gasteiger partial charge in [-0.2, -0.15) is 0 Å². The van der Waals surface area contributed by atoms with Gasteiger partial charge in [-0.05, 0) is 29.5 Å². The maximum Gasteiger partial charge on any atom is 0.220 e. The van der Waals surface area contributed by atoms with Crippen LogP contribution in [0.2, 0.25) is 0 Å². The normalized spacial score (nSPS) is 12.6. The number of carbonyl (C=O) groups excluding carboxylic acids is 1. The number of aliphatic hydroxyl groups is 1. The lowest BCUT2D eigenvalue weighted by molar-refractivity contribution is -0.121. The molecule has 1 amide bonds. The molecule has 1 heterocycles. The van der Waals surface area contributed by atoms with E-state index in [9.17, 15) is 9.90 Å². The summed E-state index contributed by atoms with van der Waals surface area (Å²) in [6, 6.07) is 8.07. The van der Waals surface area contributed by atoms with Crippen molar-refractivity contribution in [2.24, 2.45) is 0 Å². The van der Waals surface area contributed by atoms with Crippen LogP contribution in [-0.4, -0.2) is 29.1 Å². The summed E-state index contributed by atoms with van der Waals surface area (Å²) in [7, 11) is 0. The third-order valence-electron chi connectivity index (χ3n) is 3.81. The summed E-state index contributed by atoms with van der Waals surface area (Å²) in [4.78, 5) is 16.5. The Bertz CT molecular complexity index is 648. The number of hydrogen-bond donors (Lipinski definition) is 2. The average molecular weight is 362 g/mol. The zero-order valence-corrected chi connectivity index (χ0v) is 15.8. The monoisotopic (exact) mass is 362 g/mol. The first-order valence-electron chi connectivity index (χ1n) is 8.43. The standard InChI is InChI=1S/C19H26N2O3S/c1-19(2,3)14-6-8-15(9-7-14)24-10-4-5-18(23)21-11-16(22)17-12-20-13-25-17/h6-9,12-13,16,22H,4-5,10-11H2,1-3H3,(H,21,23). The maximum atomic E-state index is 11.8. The summed E-state index contributed by atoms with van der Waals surface area (Å²) in [5.74, 6) is 0.726. The van der Waals surface area contributed by atoms with E-state index in [0.717, 1.165) is 10.6 Å². The van der Waals surface area contributed by atoms with Crippen molar-refractivity contribution in [1.29, 1.82) is 0 Å². The van der Waals surface area contributed by atoms with Crippen LogP contribution in [-0.2, 0) is 10.2 Å². The van der Waals surface area contributed by atoms with Gasteiger partial charge < -0.3 is 15.2 Å². The summed E-state index contributed by atoms with van der Waals surface area (Å²) in [6.45, 7) is 7.21. The highest BCUT2D eigenvalue weighted by Gasteiger charge is 2.13. The van der Waals surface area contributed by atoms with E-state index in [-0.39, 0.29) is 17.9 Å². The molecule has 1 aromatic heterocycles. The number of carbonyl (C=O) groups is 1. The smallest absolute Gasteiger partial charge is 0.220 e. The largest absolute Gasteiger partial charge is 0.494 e. The number of amides is 1. The molecule has 2 N–H and O–H groups in total. The second kappa shape index (κ2) is 8.97. The number of nitrogens with one attached hydrogen (secondary N) is 1. The number of ether oxygens (including phenoxy) is 1. The van der Waals surface area contributed by atoms with E-state index in [0.29, 0.717) is 19.4 Å². The van der Waals surface area contributed by atoms with Crippen LogP contribution in [0, 0.1) is 0 Å². The van der Waals surface area contributed by atoms with Gasteiger partial charge in [0.1, 0.15) is 11.9 Å². The molecule has 136 valence electrons. The van der Waals surface area contributed by atoms with Gasteiger partial charge in [0, 0.05) is 19.2 Å². The zero-order valence-electron chi connectivity index (χ0n) is 15.0. The fraction of sp³-hybridized carbons (Fsp3) is 0.474. The highest BCUT2D eigenvalue weighted by molar-refractivity contribution is 7.09. The van der Waals surface area contributed by atoms with Crippen LogP contribution in [0.1, 0.15) is 50.2 Å². The zero-order chi connectivity index (χ0) is 18.3.